The topological polar surface area (TPSA) is 75.2 Å². The molecule has 102 valence electrons. The minimum atomic E-state index is 0.335. The fourth-order valence-electron chi connectivity index (χ4n) is 2.25. The third-order valence-electron chi connectivity index (χ3n) is 3.32. The van der Waals surface area contributed by atoms with E-state index >= 15 is 0 Å². The van der Waals surface area contributed by atoms with Gasteiger partial charge in [-0.1, -0.05) is 6.07 Å². The lowest BCUT2D eigenvalue weighted by atomic mass is 10.1. The van der Waals surface area contributed by atoms with E-state index in [4.69, 9.17) is 15.7 Å². The predicted octanol–water partition coefficient (Wildman–Crippen LogP) is 1.29. The molecular formula is C14H20N4O. The number of piperidine rings is 1. The zero-order valence-electron chi connectivity index (χ0n) is 11.1. The van der Waals surface area contributed by atoms with E-state index in [1.54, 1.807) is 6.07 Å². The van der Waals surface area contributed by atoms with Crippen molar-refractivity contribution in [3.63, 3.8) is 0 Å². The summed E-state index contributed by atoms with van der Waals surface area (Å²) < 4.78 is 5.77. The van der Waals surface area contributed by atoms with Crippen molar-refractivity contribution >= 4 is 5.82 Å². The van der Waals surface area contributed by atoms with Crippen LogP contribution in [-0.4, -0.2) is 37.3 Å². The van der Waals surface area contributed by atoms with Crippen LogP contribution in [-0.2, 0) is 4.74 Å². The van der Waals surface area contributed by atoms with Crippen LogP contribution in [0.4, 0.5) is 5.82 Å². The third kappa shape index (κ3) is 3.91. The Balaban J connectivity index is 1.84. The van der Waals surface area contributed by atoms with Gasteiger partial charge < -0.3 is 15.4 Å². The van der Waals surface area contributed by atoms with Crippen molar-refractivity contribution in [3.8, 4) is 6.07 Å². The van der Waals surface area contributed by atoms with Crippen LogP contribution in [0.25, 0.3) is 0 Å². The smallest absolute Gasteiger partial charge is 0.142 e. The van der Waals surface area contributed by atoms with Crippen molar-refractivity contribution in [1.82, 2.24) is 4.98 Å². The molecule has 0 saturated carbocycles. The second kappa shape index (κ2) is 7.07. The Kier molecular flexibility index (Phi) is 5.13. The minimum Gasteiger partial charge on any atom is -0.378 e. The molecule has 1 aromatic heterocycles. The van der Waals surface area contributed by atoms with Gasteiger partial charge in [0.1, 0.15) is 17.6 Å². The summed E-state index contributed by atoms with van der Waals surface area (Å²) in [7, 11) is 0. The van der Waals surface area contributed by atoms with Gasteiger partial charge in [0.25, 0.3) is 0 Å². The maximum Gasteiger partial charge on any atom is 0.142 e. The Morgan fingerprint density at radius 2 is 2.21 bits per heavy atom. The number of nitriles is 1. The quantitative estimate of drug-likeness (QED) is 0.807. The Bertz CT molecular complexity index is 435. The van der Waals surface area contributed by atoms with Crippen molar-refractivity contribution in [1.29, 1.82) is 5.26 Å². The van der Waals surface area contributed by atoms with Gasteiger partial charge >= 0.3 is 0 Å². The monoisotopic (exact) mass is 260 g/mol. The Hall–Kier alpha value is -1.64. The van der Waals surface area contributed by atoms with E-state index in [0.29, 0.717) is 18.3 Å². The lowest BCUT2D eigenvalue weighted by molar-refractivity contribution is 0.0365. The number of nitrogens with zero attached hydrogens (tertiary/aromatic N) is 3. The molecule has 1 aromatic rings. The zero-order chi connectivity index (χ0) is 13.5. The van der Waals surface area contributed by atoms with Crippen LogP contribution in [0.2, 0.25) is 0 Å². The standard InChI is InChI=1S/C14H20N4O/c15-7-2-10-19-13-5-8-18(9-6-13)14-4-1-3-12(11-16)17-14/h1,3-4,13H,2,5-10,15H2. The first-order valence-corrected chi connectivity index (χ1v) is 6.77. The number of hydrogen-bond acceptors (Lipinski definition) is 5. The fourth-order valence-corrected chi connectivity index (χ4v) is 2.25. The normalized spacial score (nSPS) is 16.3. The number of ether oxygens (including phenoxy) is 1. The molecule has 0 unspecified atom stereocenters. The fraction of sp³-hybridized carbons (Fsp3) is 0.571. The number of pyridine rings is 1. The molecule has 0 aromatic carbocycles. The molecule has 0 radical (unpaired) electrons. The molecule has 2 rings (SSSR count). The summed E-state index contributed by atoms with van der Waals surface area (Å²) in [4.78, 5) is 6.53. The van der Waals surface area contributed by atoms with E-state index in [1.807, 2.05) is 12.1 Å². The van der Waals surface area contributed by atoms with Crippen LogP contribution in [0, 0.1) is 11.3 Å². The van der Waals surface area contributed by atoms with E-state index in [-0.39, 0.29) is 0 Å². The SMILES string of the molecule is N#Cc1cccc(N2CCC(OCCCN)CC2)n1. The first kappa shape index (κ1) is 13.8. The second-order valence-electron chi connectivity index (χ2n) is 4.69. The van der Waals surface area contributed by atoms with Gasteiger partial charge in [-0.2, -0.15) is 5.26 Å². The van der Waals surface area contributed by atoms with Gasteiger partial charge in [-0.25, -0.2) is 4.98 Å². The van der Waals surface area contributed by atoms with Gasteiger partial charge in [0.15, 0.2) is 0 Å². The number of aromatic nitrogens is 1. The number of nitrogens with two attached hydrogens (primary N) is 1. The number of rotatable bonds is 5. The van der Waals surface area contributed by atoms with Crippen molar-refractivity contribution < 1.29 is 4.74 Å². The second-order valence-corrected chi connectivity index (χ2v) is 4.69. The molecule has 1 fully saturated rings. The van der Waals surface area contributed by atoms with Crippen LogP contribution in [0.15, 0.2) is 18.2 Å². The molecule has 0 bridgehead atoms. The molecule has 0 amide bonds. The summed E-state index contributed by atoms with van der Waals surface area (Å²) in [5.41, 5.74) is 5.92. The molecule has 2 N–H and O–H groups in total. The summed E-state index contributed by atoms with van der Waals surface area (Å²) in [5.74, 6) is 0.888. The van der Waals surface area contributed by atoms with Crippen LogP contribution in [0.3, 0.4) is 0 Å². The molecule has 0 atom stereocenters. The van der Waals surface area contributed by atoms with Crippen LogP contribution in [0.5, 0.6) is 0 Å². The highest BCUT2D eigenvalue weighted by Gasteiger charge is 2.20. The lowest BCUT2D eigenvalue weighted by Crippen LogP contribution is -2.37. The van der Waals surface area contributed by atoms with E-state index in [1.165, 1.54) is 0 Å². The van der Waals surface area contributed by atoms with Crippen molar-refractivity contribution in [2.24, 2.45) is 5.73 Å². The number of anilines is 1. The average molecular weight is 260 g/mol. The zero-order valence-corrected chi connectivity index (χ0v) is 11.1. The minimum absolute atomic E-state index is 0.335. The van der Waals surface area contributed by atoms with Gasteiger partial charge in [-0.3, -0.25) is 0 Å². The first-order valence-electron chi connectivity index (χ1n) is 6.77. The van der Waals surface area contributed by atoms with Crippen molar-refractivity contribution in [2.45, 2.75) is 25.4 Å². The summed E-state index contributed by atoms with van der Waals surface area (Å²) in [6.07, 6.45) is 3.26. The molecule has 0 aliphatic carbocycles. The van der Waals surface area contributed by atoms with Gasteiger partial charge in [0, 0.05) is 19.7 Å². The van der Waals surface area contributed by atoms with E-state index in [0.717, 1.165) is 44.8 Å². The highest BCUT2D eigenvalue weighted by atomic mass is 16.5. The number of hydrogen-bond donors (Lipinski definition) is 1. The van der Waals surface area contributed by atoms with E-state index in [9.17, 15) is 0 Å². The van der Waals surface area contributed by atoms with Crippen LogP contribution >= 0.6 is 0 Å². The summed E-state index contributed by atoms with van der Waals surface area (Å²) in [6, 6.07) is 7.64. The average Bonchev–Trinajstić information content (AvgIpc) is 2.48. The largest absolute Gasteiger partial charge is 0.378 e. The molecule has 1 aliphatic rings. The van der Waals surface area contributed by atoms with E-state index < -0.39 is 0 Å². The van der Waals surface area contributed by atoms with Gasteiger partial charge in [0.2, 0.25) is 0 Å². The molecule has 5 nitrogen and oxygen atoms in total. The molecule has 2 heterocycles. The van der Waals surface area contributed by atoms with Gasteiger partial charge in [-0.05, 0) is 37.9 Å². The Labute approximate surface area is 114 Å². The maximum absolute atomic E-state index is 8.86. The maximum atomic E-state index is 8.86. The molecule has 1 saturated heterocycles. The van der Waals surface area contributed by atoms with Crippen molar-refractivity contribution in [2.75, 3.05) is 31.1 Å². The molecule has 0 spiro atoms. The summed E-state index contributed by atoms with van der Waals surface area (Å²) >= 11 is 0. The Morgan fingerprint density at radius 3 is 2.89 bits per heavy atom. The van der Waals surface area contributed by atoms with E-state index in [2.05, 4.69) is 16.0 Å². The molecule has 1 aliphatic heterocycles. The Morgan fingerprint density at radius 1 is 1.42 bits per heavy atom. The predicted molar refractivity (Wildman–Crippen MR) is 73.8 cm³/mol. The van der Waals surface area contributed by atoms with Gasteiger partial charge in [0.05, 0.1) is 6.10 Å². The third-order valence-corrected chi connectivity index (χ3v) is 3.32. The summed E-state index contributed by atoms with van der Waals surface area (Å²) in [6.45, 7) is 3.29. The summed E-state index contributed by atoms with van der Waals surface area (Å²) in [5, 5.41) is 8.86. The van der Waals surface area contributed by atoms with Crippen LogP contribution < -0.4 is 10.6 Å². The first-order chi connectivity index (χ1) is 9.33. The molecule has 5 heteroatoms. The molecular weight excluding hydrogens is 240 g/mol. The lowest BCUT2D eigenvalue weighted by Gasteiger charge is -2.32. The highest BCUT2D eigenvalue weighted by Crippen LogP contribution is 2.19. The van der Waals surface area contributed by atoms with Crippen molar-refractivity contribution in [3.05, 3.63) is 23.9 Å². The van der Waals surface area contributed by atoms with Gasteiger partial charge in [-0.15, -0.1) is 0 Å². The highest BCUT2D eigenvalue weighted by molar-refractivity contribution is 5.41. The van der Waals surface area contributed by atoms with Crippen LogP contribution in [0.1, 0.15) is 25.0 Å². The molecule has 19 heavy (non-hydrogen) atoms.